The van der Waals surface area contributed by atoms with Crippen LogP contribution >= 0.6 is 11.6 Å². The molecule has 24 heavy (non-hydrogen) atoms. The van der Waals surface area contributed by atoms with Gasteiger partial charge in [-0.15, -0.1) is 0 Å². The second-order valence-electron chi connectivity index (χ2n) is 6.89. The van der Waals surface area contributed by atoms with Crippen molar-refractivity contribution in [2.24, 2.45) is 0 Å². The molecule has 0 aliphatic carbocycles. The predicted octanol–water partition coefficient (Wildman–Crippen LogP) is 2.44. The van der Waals surface area contributed by atoms with Crippen LogP contribution in [0.25, 0.3) is 5.52 Å². The number of aromatic nitrogens is 3. The fourth-order valence-electron chi connectivity index (χ4n) is 2.68. The number of piperazine rings is 1. The Morgan fingerprint density at radius 3 is 2.62 bits per heavy atom. The summed E-state index contributed by atoms with van der Waals surface area (Å²) in [6.07, 6.45) is 5.02. The number of carbonyl (C=O) groups excluding carboxylic acids is 1. The number of hydrogen-bond acceptors (Lipinski definition) is 5. The van der Waals surface area contributed by atoms with Crippen LogP contribution in [0.4, 0.5) is 4.79 Å². The highest BCUT2D eigenvalue weighted by Crippen LogP contribution is 2.17. The zero-order valence-corrected chi connectivity index (χ0v) is 15.0. The zero-order valence-electron chi connectivity index (χ0n) is 14.2. The van der Waals surface area contributed by atoms with Crippen LogP contribution in [0, 0.1) is 0 Å². The normalized spacial score (nSPS) is 16.6. The topological polar surface area (TPSA) is 63.0 Å². The van der Waals surface area contributed by atoms with E-state index in [-0.39, 0.29) is 6.09 Å². The summed E-state index contributed by atoms with van der Waals surface area (Å²) in [6, 6.07) is 0. The van der Waals surface area contributed by atoms with Gasteiger partial charge in [0.05, 0.1) is 12.7 Å². The van der Waals surface area contributed by atoms with Crippen LogP contribution in [0.2, 0.25) is 5.15 Å². The second-order valence-corrected chi connectivity index (χ2v) is 7.25. The molecule has 1 saturated heterocycles. The first-order valence-corrected chi connectivity index (χ1v) is 8.38. The fourth-order valence-corrected chi connectivity index (χ4v) is 2.88. The molecule has 1 aliphatic rings. The van der Waals surface area contributed by atoms with E-state index in [4.69, 9.17) is 16.3 Å². The number of imidazole rings is 1. The molecule has 130 valence electrons. The summed E-state index contributed by atoms with van der Waals surface area (Å²) < 4.78 is 7.37. The minimum atomic E-state index is -0.462. The molecule has 0 aromatic carbocycles. The van der Waals surface area contributed by atoms with E-state index < -0.39 is 5.60 Å². The van der Waals surface area contributed by atoms with E-state index in [1.807, 2.05) is 31.4 Å². The lowest BCUT2D eigenvalue weighted by Gasteiger charge is -2.35. The van der Waals surface area contributed by atoms with E-state index in [0.29, 0.717) is 24.8 Å². The van der Waals surface area contributed by atoms with Crippen molar-refractivity contribution >= 4 is 23.2 Å². The molecule has 2 aromatic rings. The van der Waals surface area contributed by atoms with Gasteiger partial charge in [0.15, 0.2) is 5.15 Å². The number of halogens is 1. The molecule has 0 unspecified atom stereocenters. The zero-order chi connectivity index (χ0) is 17.3. The summed E-state index contributed by atoms with van der Waals surface area (Å²) in [6.45, 7) is 9.22. The van der Waals surface area contributed by atoms with Gasteiger partial charge in [-0.1, -0.05) is 11.6 Å². The lowest BCUT2D eigenvalue weighted by Crippen LogP contribution is -2.49. The van der Waals surface area contributed by atoms with E-state index >= 15 is 0 Å². The van der Waals surface area contributed by atoms with E-state index in [1.165, 1.54) is 0 Å². The summed E-state index contributed by atoms with van der Waals surface area (Å²) in [5.41, 5.74) is 0.345. The molecule has 0 radical (unpaired) electrons. The van der Waals surface area contributed by atoms with E-state index in [9.17, 15) is 4.79 Å². The summed E-state index contributed by atoms with van der Waals surface area (Å²) in [5, 5.41) is 0.450. The Labute approximate surface area is 146 Å². The standard InChI is InChI=1S/C16H22ClN5O2/c1-16(2,3)24-15(23)21-8-6-20(7-9-21)11-13-19-10-12-14(17)18-4-5-22(12)13/h4-5,10H,6-9,11H2,1-3H3. The van der Waals surface area contributed by atoms with E-state index in [0.717, 1.165) is 24.4 Å². The highest BCUT2D eigenvalue weighted by Gasteiger charge is 2.26. The van der Waals surface area contributed by atoms with Gasteiger partial charge in [0, 0.05) is 38.6 Å². The Morgan fingerprint density at radius 1 is 1.25 bits per heavy atom. The summed E-state index contributed by atoms with van der Waals surface area (Å²) in [4.78, 5) is 24.6. The van der Waals surface area contributed by atoms with Gasteiger partial charge in [-0.05, 0) is 20.8 Å². The number of nitrogens with zero attached hydrogens (tertiary/aromatic N) is 5. The first kappa shape index (κ1) is 17.0. The Kier molecular flexibility index (Phi) is 4.64. The number of amides is 1. The molecule has 0 atom stereocenters. The second kappa shape index (κ2) is 6.57. The van der Waals surface area contributed by atoms with Crippen molar-refractivity contribution in [3.05, 3.63) is 29.6 Å². The summed E-state index contributed by atoms with van der Waals surface area (Å²) >= 11 is 6.08. The van der Waals surface area contributed by atoms with Crippen molar-refractivity contribution in [2.75, 3.05) is 26.2 Å². The molecule has 1 fully saturated rings. The van der Waals surface area contributed by atoms with Gasteiger partial charge in [-0.2, -0.15) is 0 Å². The largest absolute Gasteiger partial charge is 0.444 e. The van der Waals surface area contributed by atoms with Gasteiger partial charge in [-0.25, -0.2) is 14.8 Å². The van der Waals surface area contributed by atoms with Crippen molar-refractivity contribution in [2.45, 2.75) is 32.9 Å². The molecular weight excluding hydrogens is 330 g/mol. The van der Waals surface area contributed by atoms with Crippen LogP contribution in [0.5, 0.6) is 0 Å². The number of carbonyl (C=O) groups is 1. The minimum Gasteiger partial charge on any atom is -0.444 e. The third-order valence-electron chi connectivity index (χ3n) is 3.88. The van der Waals surface area contributed by atoms with Gasteiger partial charge < -0.3 is 9.64 Å². The Hall–Kier alpha value is -1.86. The average molecular weight is 352 g/mol. The maximum atomic E-state index is 12.1. The van der Waals surface area contributed by atoms with Crippen molar-refractivity contribution in [1.29, 1.82) is 0 Å². The lowest BCUT2D eigenvalue weighted by molar-refractivity contribution is 0.0137. The first-order valence-electron chi connectivity index (χ1n) is 8.00. The molecule has 0 N–H and O–H groups in total. The maximum Gasteiger partial charge on any atom is 0.410 e. The maximum absolute atomic E-state index is 12.1. The monoisotopic (exact) mass is 351 g/mol. The quantitative estimate of drug-likeness (QED) is 0.831. The molecule has 1 aliphatic heterocycles. The van der Waals surface area contributed by atoms with Gasteiger partial charge in [0.1, 0.15) is 16.9 Å². The molecule has 3 rings (SSSR count). The van der Waals surface area contributed by atoms with Crippen LogP contribution in [-0.4, -0.2) is 62.0 Å². The van der Waals surface area contributed by atoms with Gasteiger partial charge in [-0.3, -0.25) is 9.30 Å². The van der Waals surface area contributed by atoms with Crippen LogP contribution in [0.1, 0.15) is 26.6 Å². The summed E-state index contributed by atoms with van der Waals surface area (Å²) in [7, 11) is 0. The molecule has 3 heterocycles. The smallest absolute Gasteiger partial charge is 0.410 e. The molecule has 0 bridgehead atoms. The third-order valence-corrected chi connectivity index (χ3v) is 4.17. The van der Waals surface area contributed by atoms with Gasteiger partial charge in [0.25, 0.3) is 0 Å². The Balaban J connectivity index is 1.59. The Morgan fingerprint density at radius 2 is 1.96 bits per heavy atom. The molecule has 0 saturated carbocycles. The minimum absolute atomic E-state index is 0.244. The predicted molar refractivity (Wildman–Crippen MR) is 91.1 cm³/mol. The first-order chi connectivity index (χ1) is 11.3. The SMILES string of the molecule is CC(C)(C)OC(=O)N1CCN(Cc2ncc3c(Cl)nccn23)CC1. The molecule has 8 heteroatoms. The van der Waals surface area contributed by atoms with Gasteiger partial charge in [0.2, 0.25) is 0 Å². The van der Waals surface area contributed by atoms with Crippen LogP contribution in [0.3, 0.4) is 0 Å². The van der Waals surface area contributed by atoms with E-state index in [1.54, 1.807) is 17.3 Å². The molecule has 2 aromatic heterocycles. The number of ether oxygens (including phenoxy) is 1. The molecular formula is C16H22ClN5O2. The van der Waals surface area contributed by atoms with Crippen molar-refractivity contribution in [3.63, 3.8) is 0 Å². The molecule has 1 amide bonds. The van der Waals surface area contributed by atoms with Gasteiger partial charge >= 0.3 is 6.09 Å². The fraction of sp³-hybridized carbons (Fsp3) is 0.562. The lowest BCUT2D eigenvalue weighted by atomic mass is 10.2. The van der Waals surface area contributed by atoms with Crippen LogP contribution in [0.15, 0.2) is 18.6 Å². The number of fused-ring (bicyclic) bond motifs is 1. The van der Waals surface area contributed by atoms with Crippen molar-refractivity contribution in [1.82, 2.24) is 24.2 Å². The number of rotatable bonds is 2. The highest BCUT2D eigenvalue weighted by atomic mass is 35.5. The highest BCUT2D eigenvalue weighted by molar-refractivity contribution is 6.32. The Bertz CT molecular complexity index is 732. The van der Waals surface area contributed by atoms with Crippen molar-refractivity contribution < 1.29 is 9.53 Å². The van der Waals surface area contributed by atoms with E-state index in [2.05, 4.69) is 14.9 Å². The van der Waals surface area contributed by atoms with Crippen LogP contribution < -0.4 is 0 Å². The third kappa shape index (κ3) is 3.79. The van der Waals surface area contributed by atoms with Crippen LogP contribution in [-0.2, 0) is 11.3 Å². The molecule has 0 spiro atoms. The van der Waals surface area contributed by atoms with Crippen molar-refractivity contribution in [3.8, 4) is 0 Å². The summed E-state index contributed by atoms with van der Waals surface area (Å²) in [5.74, 6) is 0.917. The average Bonchev–Trinajstić information content (AvgIpc) is 2.91. The molecule has 7 nitrogen and oxygen atoms in total. The number of hydrogen-bond donors (Lipinski definition) is 0.